The minimum Gasteiger partial charge on any atom is -0.429 e. The summed E-state index contributed by atoms with van der Waals surface area (Å²) >= 11 is 0. The fraction of sp³-hybridized carbons (Fsp3) is 0.333. The van der Waals surface area contributed by atoms with Gasteiger partial charge in [-0.15, -0.1) is 0 Å². The highest BCUT2D eigenvalue weighted by molar-refractivity contribution is 5.32. The van der Waals surface area contributed by atoms with Gasteiger partial charge in [0.05, 0.1) is 13.0 Å². The number of halogens is 6. The van der Waals surface area contributed by atoms with Gasteiger partial charge in [0, 0.05) is 0 Å². The van der Waals surface area contributed by atoms with Gasteiger partial charge in [0.15, 0.2) is 17.4 Å². The minimum absolute atomic E-state index is 0.394. The summed E-state index contributed by atoms with van der Waals surface area (Å²) in [4.78, 5) is 0. The van der Waals surface area contributed by atoms with E-state index in [0.717, 1.165) is 12.0 Å². The van der Waals surface area contributed by atoms with E-state index in [1.54, 1.807) is 24.3 Å². The third kappa shape index (κ3) is 5.66. The molecule has 2 aromatic rings. The molecule has 0 aliphatic carbocycles. The minimum atomic E-state index is -3.70. The van der Waals surface area contributed by atoms with Gasteiger partial charge in [-0.2, -0.15) is 17.6 Å². The molecule has 0 radical (unpaired) electrons. The van der Waals surface area contributed by atoms with Gasteiger partial charge in [-0.25, -0.2) is 8.78 Å². The SMILES string of the molecule is CCc1ccc(COC(F)(F)Cc2cc(F)c(OC(F)F)c(F)c2)cc1. The van der Waals surface area contributed by atoms with Crippen molar-refractivity contribution in [3.05, 3.63) is 64.7 Å². The molecule has 0 atom stereocenters. The van der Waals surface area contributed by atoms with Gasteiger partial charge in [-0.3, -0.25) is 0 Å². The number of alkyl halides is 4. The molecule has 0 saturated carbocycles. The van der Waals surface area contributed by atoms with Crippen LogP contribution in [-0.4, -0.2) is 12.7 Å². The predicted octanol–water partition coefficient (Wildman–Crippen LogP) is 5.48. The van der Waals surface area contributed by atoms with Crippen LogP contribution in [0.1, 0.15) is 23.6 Å². The quantitative estimate of drug-likeness (QED) is 0.567. The lowest BCUT2D eigenvalue weighted by Crippen LogP contribution is -2.24. The molecule has 26 heavy (non-hydrogen) atoms. The average molecular weight is 378 g/mol. The van der Waals surface area contributed by atoms with Crippen LogP contribution in [0.5, 0.6) is 5.75 Å². The number of rotatable bonds is 8. The van der Waals surface area contributed by atoms with E-state index in [-0.39, 0.29) is 0 Å². The summed E-state index contributed by atoms with van der Waals surface area (Å²) in [5.41, 5.74) is 1.10. The Morgan fingerprint density at radius 3 is 1.96 bits per heavy atom. The Balaban J connectivity index is 2.03. The topological polar surface area (TPSA) is 18.5 Å². The van der Waals surface area contributed by atoms with Crippen molar-refractivity contribution in [1.82, 2.24) is 0 Å². The molecule has 0 fully saturated rings. The fourth-order valence-electron chi connectivity index (χ4n) is 2.26. The summed E-state index contributed by atoms with van der Waals surface area (Å²) in [5.74, 6) is -4.30. The Bertz CT molecular complexity index is 708. The maximum absolute atomic E-state index is 13.9. The summed E-state index contributed by atoms with van der Waals surface area (Å²) in [6, 6.07) is 7.87. The van der Waals surface area contributed by atoms with Crippen molar-refractivity contribution in [1.29, 1.82) is 0 Å². The van der Waals surface area contributed by atoms with E-state index in [0.29, 0.717) is 17.7 Å². The van der Waals surface area contributed by atoms with Crippen LogP contribution in [0, 0.1) is 11.6 Å². The number of hydrogen-bond donors (Lipinski definition) is 0. The molecule has 2 rings (SSSR count). The normalized spacial score (nSPS) is 11.8. The Morgan fingerprint density at radius 1 is 0.923 bits per heavy atom. The van der Waals surface area contributed by atoms with Gasteiger partial charge in [-0.1, -0.05) is 31.2 Å². The van der Waals surface area contributed by atoms with Crippen molar-refractivity contribution in [3.8, 4) is 5.75 Å². The highest BCUT2D eigenvalue weighted by Gasteiger charge is 2.31. The molecule has 2 aromatic carbocycles. The van der Waals surface area contributed by atoms with Crippen LogP contribution >= 0.6 is 0 Å². The molecule has 0 heterocycles. The number of ether oxygens (including phenoxy) is 2. The molecule has 0 aliphatic heterocycles. The molecule has 0 saturated heterocycles. The van der Waals surface area contributed by atoms with Gasteiger partial charge in [0.1, 0.15) is 0 Å². The molecule has 0 spiro atoms. The van der Waals surface area contributed by atoms with E-state index in [2.05, 4.69) is 9.47 Å². The van der Waals surface area contributed by atoms with Crippen molar-refractivity contribution in [2.45, 2.75) is 39.1 Å². The zero-order chi connectivity index (χ0) is 19.3. The maximum atomic E-state index is 13.9. The first kappa shape index (κ1) is 20.1. The van der Waals surface area contributed by atoms with Crippen LogP contribution in [0.2, 0.25) is 0 Å². The Kier molecular flexibility index (Phi) is 6.52. The standard InChI is InChI=1S/C18H16F6O2/c1-2-11-3-5-12(6-4-11)10-25-18(23,24)9-13-7-14(19)16(15(20)8-13)26-17(21)22/h3-8,17H,2,9-10H2,1H3. The third-order valence-corrected chi connectivity index (χ3v) is 3.56. The second-order valence-electron chi connectivity index (χ2n) is 5.54. The second-order valence-corrected chi connectivity index (χ2v) is 5.54. The largest absolute Gasteiger partial charge is 0.429 e. The molecule has 0 bridgehead atoms. The lowest BCUT2D eigenvalue weighted by molar-refractivity contribution is -0.244. The molecular weight excluding hydrogens is 362 g/mol. The van der Waals surface area contributed by atoms with Gasteiger partial charge in [-0.05, 0) is 35.2 Å². The lowest BCUT2D eigenvalue weighted by atomic mass is 10.1. The van der Waals surface area contributed by atoms with Gasteiger partial charge in [0.25, 0.3) is 0 Å². The lowest BCUT2D eigenvalue weighted by Gasteiger charge is -2.18. The predicted molar refractivity (Wildman–Crippen MR) is 82.3 cm³/mol. The van der Waals surface area contributed by atoms with E-state index < -0.39 is 48.7 Å². The van der Waals surface area contributed by atoms with Gasteiger partial charge in [0.2, 0.25) is 0 Å². The highest BCUT2D eigenvalue weighted by Crippen LogP contribution is 2.29. The third-order valence-electron chi connectivity index (χ3n) is 3.56. The zero-order valence-corrected chi connectivity index (χ0v) is 13.7. The van der Waals surface area contributed by atoms with Crippen LogP contribution in [0.25, 0.3) is 0 Å². The number of hydrogen-bond acceptors (Lipinski definition) is 2. The molecule has 8 heteroatoms. The van der Waals surface area contributed by atoms with E-state index in [1.807, 2.05) is 6.92 Å². The summed E-state index contributed by atoms with van der Waals surface area (Å²) in [7, 11) is 0. The molecular formula is C18H16F6O2. The second kappa shape index (κ2) is 8.44. The molecule has 0 aliphatic rings. The van der Waals surface area contributed by atoms with Gasteiger partial charge < -0.3 is 9.47 Å². The van der Waals surface area contributed by atoms with E-state index in [1.165, 1.54) is 0 Å². The fourth-order valence-corrected chi connectivity index (χ4v) is 2.26. The van der Waals surface area contributed by atoms with Crippen molar-refractivity contribution >= 4 is 0 Å². The number of benzene rings is 2. The average Bonchev–Trinajstić information content (AvgIpc) is 2.56. The molecule has 0 N–H and O–H groups in total. The van der Waals surface area contributed by atoms with Crippen molar-refractivity contribution in [3.63, 3.8) is 0 Å². The summed E-state index contributed by atoms with van der Waals surface area (Å²) in [5, 5.41) is 0. The van der Waals surface area contributed by atoms with Crippen molar-refractivity contribution in [2.75, 3.05) is 0 Å². The van der Waals surface area contributed by atoms with Crippen LogP contribution in [-0.2, 0) is 24.2 Å². The first-order valence-electron chi connectivity index (χ1n) is 7.72. The van der Waals surface area contributed by atoms with E-state index in [9.17, 15) is 26.3 Å². The Morgan fingerprint density at radius 2 is 1.46 bits per heavy atom. The van der Waals surface area contributed by atoms with Crippen molar-refractivity contribution in [2.24, 2.45) is 0 Å². The van der Waals surface area contributed by atoms with Crippen LogP contribution < -0.4 is 4.74 Å². The first-order valence-corrected chi connectivity index (χ1v) is 7.72. The highest BCUT2D eigenvalue weighted by atomic mass is 19.3. The summed E-state index contributed by atoms with van der Waals surface area (Å²) in [6.07, 6.45) is -4.02. The molecule has 2 nitrogen and oxygen atoms in total. The van der Waals surface area contributed by atoms with E-state index >= 15 is 0 Å². The zero-order valence-electron chi connectivity index (χ0n) is 13.7. The molecule has 0 amide bonds. The maximum Gasteiger partial charge on any atom is 0.387 e. The number of aryl methyl sites for hydroxylation is 1. The smallest absolute Gasteiger partial charge is 0.387 e. The van der Waals surface area contributed by atoms with Crippen LogP contribution in [0.3, 0.4) is 0 Å². The van der Waals surface area contributed by atoms with Crippen molar-refractivity contribution < 1.29 is 35.8 Å². The first-order chi connectivity index (χ1) is 12.2. The van der Waals surface area contributed by atoms with Crippen LogP contribution in [0.4, 0.5) is 26.3 Å². The molecule has 0 aromatic heterocycles. The molecule has 142 valence electrons. The Hall–Kier alpha value is -2.22. The Labute approximate surface area is 146 Å². The molecule has 0 unspecified atom stereocenters. The summed E-state index contributed by atoms with van der Waals surface area (Å²) in [6.45, 7) is -1.88. The van der Waals surface area contributed by atoms with Gasteiger partial charge >= 0.3 is 12.7 Å². The monoisotopic (exact) mass is 378 g/mol. The van der Waals surface area contributed by atoms with E-state index in [4.69, 9.17) is 0 Å². The van der Waals surface area contributed by atoms with Crippen LogP contribution in [0.15, 0.2) is 36.4 Å². The summed E-state index contributed by atoms with van der Waals surface area (Å²) < 4.78 is 87.3.